The SMILES string of the molecule is CC1(C)C(/C=C/C2=CC(=C/C=C3/N(CCCS(=O)(=O)O)c4ccccc4C3(C)C)/CC(C(=O)NCCCC(=O)ON3C(=O)CCC3=O)(C(=O)NCCS(=O)(=O)O)C2)=[N+](CCCS(=O)(=O)O)c2ccccc21. The molecule has 1 unspecified atom stereocenters. The molecular weight excluding hydrogens is 983 g/mol. The fourth-order valence-corrected chi connectivity index (χ4v) is 10.9. The van der Waals surface area contributed by atoms with Gasteiger partial charge in [-0.25, -0.2) is 4.79 Å². The lowest BCUT2D eigenvalue weighted by Crippen LogP contribution is -2.53. The highest BCUT2D eigenvalue weighted by Crippen LogP contribution is 2.48. The van der Waals surface area contributed by atoms with E-state index in [2.05, 4.69) is 10.6 Å². The number of amides is 4. The van der Waals surface area contributed by atoms with Crippen LogP contribution in [0.15, 0.2) is 95.8 Å². The van der Waals surface area contributed by atoms with Crippen LogP contribution in [0.25, 0.3) is 0 Å². The molecule has 20 nitrogen and oxygen atoms in total. The quantitative estimate of drug-likeness (QED) is 0.0388. The van der Waals surface area contributed by atoms with Crippen molar-refractivity contribution in [2.45, 2.75) is 89.9 Å². The van der Waals surface area contributed by atoms with Gasteiger partial charge in [-0.2, -0.15) is 29.8 Å². The van der Waals surface area contributed by atoms with Crippen LogP contribution in [0.3, 0.4) is 0 Å². The first-order valence-electron chi connectivity index (χ1n) is 23.0. The lowest BCUT2D eigenvalue weighted by atomic mass is 9.70. The van der Waals surface area contributed by atoms with E-state index in [1.165, 1.54) is 0 Å². The summed E-state index contributed by atoms with van der Waals surface area (Å²) in [6, 6.07) is 15.1. The molecular formula is C48H60N5O15S3+. The fraction of sp³-hybridized carbons (Fsp3) is 0.458. The van der Waals surface area contributed by atoms with Crippen molar-refractivity contribution < 1.29 is 72.3 Å². The zero-order valence-corrected chi connectivity index (χ0v) is 42.4. The Morgan fingerprint density at radius 3 is 1.96 bits per heavy atom. The Kier molecular flexibility index (Phi) is 16.5. The third-order valence-electron chi connectivity index (χ3n) is 13.0. The van der Waals surface area contributed by atoms with Gasteiger partial charge in [-0.15, -0.1) is 5.06 Å². The number of benzene rings is 2. The monoisotopic (exact) mass is 1040 g/mol. The predicted octanol–water partition coefficient (Wildman–Crippen LogP) is 4.00. The van der Waals surface area contributed by atoms with Gasteiger partial charge in [0.15, 0.2) is 5.71 Å². The van der Waals surface area contributed by atoms with Crippen LogP contribution >= 0.6 is 0 Å². The summed E-state index contributed by atoms with van der Waals surface area (Å²) in [6.07, 6.45) is 8.01. The molecule has 2 aromatic carbocycles. The molecule has 1 atom stereocenters. The molecule has 1 saturated heterocycles. The molecule has 0 aromatic heterocycles. The second-order valence-corrected chi connectivity index (χ2v) is 23.7. The first kappa shape index (κ1) is 54.5. The van der Waals surface area contributed by atoms with Crippen molar-refractivity contribution in [1.82, 2.24) is 15.7 Å². The number of carbonyl (C=O) groups excluding carboxylic acids is 5. The molecule has 4 amide bonds. The minimum absolute atomic E-state index is 0.0386. The average Bonchev–Trinajstić information content (AvgIpc) is 3.79. The van der Waals surface area contributed by atoms with Gasteiger partial charge in [-0.3, -0.25) is 32.8 Å². The number of nitrogens with one attached hydrogen (secondary N) is 2. The molecule has 3 aliphatic heterocycles. The largest absolute Gasteiger partial charge is 0.355 e. The fourth-order valence-electron chi connectivity index (χ4n) is 9.56. The van der Waals surface area contributed by atoms with Gasteiger partial charge < -0.3 is 20.4 Å². The Morgan fingerprint density at radius 1 is 0.718 bits per heavy atom. The molecule has 6 rings (SSSR count). The number of hydroxylamine groups is 2. The summed E-state index contributed by atoms with van der Waals surface area (Å²) in [5.74, 6) is -5.74. The number of hydrogen-bond acceptors (Lipinski definition) is 13. The summed E-state index contributed by atoms with van der Waals surface area (Å²) in [7, 11) is -13.1. The van der Waals surface area contributed by atoms with E-state index in [1.807, 2.05) is 97.9 Å². The van der Waals surface area contributed by atoms with Crippen LogP contribution in [0.5, 0.6) is 0 Å². The number of hydrogen-bond donors (Lipinski definition) is 5. The summed E-state index contributed by atoms with van der Waals surface area (Å²) in [4.78, 5) is 72.9. The van der Waals surface area contributed by atoms with Gasteiger partial charge in [0.1, 0.15) is 12.0 Å². The van der Waals surface area contributed by atoms with E-state index < -0.39 is 100 Å². The smallest absolute Gasteiger partial charge is 0.333 e. The molecule has 0 bridgehead atoms. The third kappa shape index (κ3) is 13.2. The molecule has 1 fully saturated rings. The van der Waals surface area contributed by atoms with Crippen LogP contribution in [-0.2, 0) is 70.0 Å². The number of rotatable bonds is 21. The Morgan fingerprint density at radius 2 is 1.31 bits per heavy atom. The van der Waals surface area contributed by atoms with Crippen LogP contribution in [0.2, 0.25) is 0 Å². The van der Waals surface area contributed by atoms with Gasteiger partial charge in [0.25, 0.3) is 42.2 Å². The average molecular weight is 1040 g/mol. The van der Waals surface area contributed by atoms with Crippen molar-refractivity contribution >= 4 is 77.0 Å². The van der Waals surface area contributed by atoms with Gasteiger partial charge in [-0.1, -0.05) is 68.5 Å². The van der Waals surface area contributed by atoms with Crippen molar-refractivity contribution in [2.24, 2.45) is 5.41 Å². The van der Waals surface area contributed by atoms with E-state index in [0.717, 1.165) is 33.9 Å². The molecule has 71 heavy (non-hydrogen) atoms. The third-order valence-corrected chi connectivity index (χ3v) is 15.3. The van der Waals surface area contributed by atoms with Crippen molar-refractivity contribution in [3.05, 3.63) is 107 Å². The maximum atomic E-state index is 14.7. The van der Waals surface area contributed by atoms with Crippen molar-refractivity contribution in [2.75, 3.05) is 48.3 Å². The molecule has 3 heterocycles. The number of nitrogens with zero attached hydrogens (tertiary/aromatic N) is 3. The molecule has 0 saturated carbocycles. The van der Waals surface area contributed by atoms with Crippen LogP contribution in [0.1, 0.15) is 90.2 Å². The Hall–Kier alpha value is -5.85. The number of para-hydroxylation sites is 2. The van der Waals surface area contributed by atoms with Crippen LogP contribution in [0.4, 0.5) is 11.4 Å². The number of carbonyl (C=O) groups is 5. The molecule has 5 N–H and O–H groups in total. The topological polar surface area (TPSA) is 291 Å². The number of allylic oxidation sites excluding steroid dienone is 8. The second-order valence-electron chi connectivity index (χ2n) is 19.0. The molecule has 2 aromatic rings. The maximum Gasteiger partial charge on any atom is 0.333 e. The Labute approximate surface area is 413 Å². The van der Waals surface area contributed by atoms with Gasteiger partial charge >= 0.3 is 5.97 Å². The molecule has 23 heteroatoms. The van der Waals surface area contributed by atoms with Gasteiger partial charge in [0.05, 0.1) is 22.7 Å². The number of anilines is 1. The highest BCUT2D eigenvalue weighted by atomic mass is 32.2. The molecule has 4 aliphatic rings. The second kappa shape index (κ2) is 21.5. The number of fused-ring (bicyclic) bond motifs is 2. The van der Waals surface area contributed by atoms with Crippen LogP contribution in [0, 0.1) is 5.41 Å². The lowest BCUT2D eigenvalue weighted by Gasteiger charge is -2.35. The van der Waals surface area contributed by atoms with E-state index in [9.17, 15) is 62.9 Å². The molecule has 0 radical (unpaired) electrons. The molecule has 384 valence electrons. The van der Waals surface area contributed by atoms with E-state index >= 15 is 0 Å². The molecule has 0 spiro atoms. The van der Waals surface area contributed by atoms with E-state index in [0.29, 0.717) is 16.2 Å². The summed E-state index contributed by atoms with van der Waals surface area (Å²) < 4.78 is 101. The standard InChI is InChI=1S/C48H59N5O15S3/c1-46(2)35-12-5-7-14-37(35)51(25-10-27-69(59,60)61)39(46)19-17-33-30-34(18-20-40-47(3,4)36-13-6-8-15-38(36)52(40)26-11-28-70(62,63)64)32-48(31-33,45(58)50-24-29-71(65,66)67)44(57)49-23-9-16-43(56)68-53-41(54)21-22-42(53)55/h5-8,12-15,17-20,30H,9-11,16,21-29,31-32H2,1-4H3,(H4-,49,50,57,58,59,60,61,62,63,64,65,66,67)/p+1. The summed E-state index contributed by atoms with van der Waals surface area (Å²) in [5.41, 5.74) is 2.59. The van der Waals surface area contributed by atoms with Crippen LogP contribution in [-0.4, -0.2) is 127 Å². The van der Waals surface area contributed by atoms with Gasteiger partial charge in [0.2, 0.25) is 17.5 Å². The zero-order valence-electron chi connectivity index (χ0n) is 39.9. The Balaban J connectivity index is 1.42. The summed E-state index contributed by atoms with van der Waals surface area (Å²) in [5, 5.41) is 5.67. The predicted molar refractivity (Wildman–Crippen MR) is 262 cm³/mol. The van der Waals surface area contributed by atoms with Crippen molar-refractivity contribution in [3.63, 3.8) is 0 Å². The first-order valence-corrected chi connectivity index (χ1v) is 27.9. The summed E-state index contributed by atoms with van der Waals surface area (Å²) >= 11 is 0. The van der Waals surface area contributed by atoms with E-state index in [1.54, 1.807) is 18.2 Å². The minimum Gasteiger partial charge on any atom is -0.355 e. The highest BCUT2D eigenvalue weighted by molar-refractivity contribution is 7.86. The highest BCUT2D eigenvalue weighted by Gasteiger charge is 2.49. The summed E-state index contributed by atoms with van der Waals surface area (Å²) in [6.45, 7) is 7.62. The zero-order chi connectivity index (χ0) is 52.2. The first-order chi connectivity index (χ1) is 33.1. The van der Waals surface area contributed by atoms with Crippen molar-refractivity contribution in [1.29, 1.82) is 0 Å². The van der Waals surface area contributed by atoms with E-state index in [-0.39, 0.29) is 71.0 Å². The lowest BCUT2D eigenvalue weighted by molar-refractivity contribution is -0.437. The van der Waals surface area contributed by atoms with E-state index in [4.69, 9.17) is 4.84 Å². The van der Waals surface area contributed by atoms with Crippen LogP contribution < -0.4 is 15.5 Å². The normalized spacial score (nSPS) is 21.0. The van der Waals surface area contributed by atoms with Crippen molar-refractivity contribution in [3.8, 4) is 0 Å². The maximum absolute atomic E-state index is 14.7. The Bertz CT molecular complexity index is 2980. The minimum atomic E-state index is -4.55. The molecule has 1 aliphatic carbocycles. The van der Waals surface area contributed by atoms with Gasteiger partial charge in [-0.05, 0) is 68.4 Å². The van der Waals surface area contributed by atoms with Gasteiger partial charge in [0, 0.05) is 79.8 Å². The number of imide groups is 1.